The SMILES string of the molecule is COC(CN(C)S(=O)(=O)NC(=O)c1ccc2c(C3CCCCC3)c3n(c2c1)CC(CN(C)CCN(CC(C)(C)C)C(=O)O)N(C)c1ccccc1-3)OC. The lowest BCUT2D eigenvalue weighted by atomic mass is 9.81. The van der Waals surface area contributed by atoms with E-state index >= 15 is 0 Å². The van der Waals surface area contributed by atoms with Gasteiger partial charge in [0, 0.05) is 88.8 Å². The number of carbonyl (C=O) groups excluding carboxylic acids is 1. The van der Waals surface area contributed by atoms with E-state index < -0.39 is 28.5 Å². The molecule has 1 aromatic heterocycles. The molecule has 2 N–H and O–H groups in total. The lowest BCUT2D eigenvalue weighted by molar-refractivity contribution is -0.106. The summed E-state index contributed by atoms with van der Waals surface area (Å²) in [7, 11) is 4.16. The molecule has 0 spiro atoms. The first-order valence-electron chi connectivity index (χ1n) is 18.5. The fourth-order valence-electron chi connectivity index (χ4n) is 7.86. The minimum Gasteiger partial charge on any atom is -0.465 e. The largest absolute Gasteiger partial charge is 0.465 e. The maximum atomic E-state index is 13.7. The third kappa shape index (κ3) is 9.34. The predicted molar refractivity (Wildman–Crippen MR) is 209 cm³/mol. The summed E-state index contributed by atoms with van der Waals surface area (Å²) in [6.07, 6.45) is 4.01. The third-order valence-electron chi connectivity index (χ3n) is 10.6. The molecule has 1 unspecified atom stereocenters. The van der Waals surface area contributed by atoms with Crippen molar-refractivity contribution in [2.24, 2.45) is 5.41 Å². The summed E-state index contributed by atoms with van der Waals surface area (Å²) in [4.78, 5) is 31.7. The number of likely N-dealkylation sites (N-methyl/N-ethyl adjacent to an activating group) is 3. The number of para-hydroxylation sites is 1. The summed E-state index contributed by atoms with van der Waals surface area (Å²) in [6.45, 7) is 8.72. The normalized spacial score (nSPS) is 17.0. The Hall–Kier alpha value is -3.69. The molecule has 1 fully saturated rings. The minimum absolute atomic E-state index is 0.000810. The highest BCUT2D eigenvalue weighted by Gasteiger charge is 2.34. The van der Waals surface area contributed by atoms with E-state index in [0.29, 0.717) is 38.6 Å². The minimum atomic E-state index is -4.19. The van der Waals surface area contributed by atoms with Crippen molar-refractivity contribution in [3.05, 3.63) is 53.6 Å². The van der Waals surface area contributed by atoms with Crippen molar-refractivity contribution in [1.82, 2.24) is 23.4 Å². The monoisotopic (exact) mass is 754 g/mol. The third-order valence-corrected chi connectivity index (χ3v) is 12.0. The van der Waals surface area contributed by atoms with E-state index in [1.54, 1.807) is 6.07 Å². The van der Waals surface area contributed by atoms with Gasteiger partial charge in [0.05, 0.1) is 18.3 Å². The zero-order chi connectivity index (χ0) is 38.7. The molecule has 3 aromatic rings. The molecule has 292 valence electrons. The molecule has 2 aliphatic rings. The van der Waals surface area contributed by atoms with Crippen molar-refractivity contribution in [3.8, 4) is 11.3 Å². The molecule has 14 heteroatoms. The van der Waals surface area contributed by atoms with Crippen LogP contribution >= 0.6 is 0 Å². The topological polar surface area (TPSA) is 137 Å². The van der Waals surface area contributed by atoms with Crippen LogP contribution in [0.2, 0.25) is 0 Å². The van der Waals surface area contributed by atoms with Crippen LogP contribution in [0.5, 0.6) is 0 Å². The second kappa shape index (κ2) is 16.8. The van der Waals surface area contributed by atoms with E-state index in [2.05, 4.69) is 50.4 Å². The number of ether oxygens (including phenoxy) is 2. The molecule has 1 aliphatic heterocycles. The van der Waals surface area contributed by atoms with Gasteiger partial charge in [0.25, 0.3) is 5.91 Å². The summed E-state index contributed by atoms with van der Waals surface area (Å²) >= 11 is 0. The van der Waals surface area contributed by atoms with E-state index in [1.807, 2.05) is 40.0 Å². The summed E-state index contributed by atoms with van der Waals surface area (Å²) in [5.41, 5.74) is 5.65. The standard InChI is InChI=1S/C39H58N6O7S/c1-39(2,3)26-44(38(47)48)21-20-41(4)23-29-24-45-33-22-28(37(46)40-53(49,50)42(5)25-34(51-7)52-8)18-19-30(33)35(27-14-10-9-11-15-27)36(45)31-16-12-13-17-32(31)43(29)6/h12-13,16-19,22,27,29,34H,9-11,14-15,20-21,23-26H2,1-8H3,(H,40,46)(H,47,48). The van der Waals surface area contributed by atoms with Crippen molar-refractivity contribution in [3.63, 3.8) is 0 Å². The number of fused-ring (bicyclic) bond motifs is 5. The lowest BCUT2D eigenvalue weighted by Crippen LogP contribution is -2.46. The summed E-state index contributed by atoms with van der Waals surface area (Å²) in [6, 6.07) is 14.0. The average Bonchev–Trinajstić information content (AvgIpc) is 3.38. The van der Waals surface area contributed by atoms with Crippen LogP contribution in [0.15, 0.2) is 42.5 Å². The van der Waals surface area contributed by atoms with Crippen LogP contribution in [0.3, 0.4) is 0 Å². The number of carboxylic acid groups (broad SMARTS) is 1. The van der Waals surface area contributed by atoms with Crippen molar-refractivity contribution in [2.75, 3.05) is 73.0 Å². The molecule has 53 heavy (non-hydrogen) atoms. The molecule has 0 saturated heterocycles. The highest BCUT2D eigenvalue weighted by molar-refractivity contribution is 7.87. The van der Waals surface area contributed by atoms with Gasteiger partial charge in [-0.25, -0.2) is 9.52 Å². The van der Waals surface area contributed by atoms with Gasteiger partial charge in [-0.2, -0.15) is 12.7 Å². The van der Waals surface area contributed by atoms with Gasteiger partial charge >= 0.3 is 16.3 Å². The van der Waals surface area contributed by atoms with Gasteiger partial charge in [0.1, 0.15) is 0 Å². The van der Waals surface area contributed by atoms with E-state index in [0.717, 1.165) is 57.8 Å². The molecule has 1 atom stereocenters. The van der Waals surface area contributed by atoms with Crippen molar-refractivity contribution in [1.29, 1.82) is 0 Å². The zero-order valence-corrected chi connectivity index (χ0v) is 33.4. The average molecular weight is 755 g/mol. The summed E-state index contributed by atoms with van der Waals surface area (Å²) < 4.78 is 42.3. The number of rotatable bonds is 14. The van der Waals surface area contributed by atoms with E-state index in [9.17, 15) is 23.1 Å². The van der Waals surface area contributed by atoms with Crippen LogP contribution < -0.4 is 9.62 Å². The number of methoxy groups -OCH3 is 2. The number of amides is 2. The quantitative estimate of drug-likeness (QED) is 0.200. The number of aromatic nitrogens is 1. The number of hydrogen-bond donors (Lipinski definition) is 2. The highest BCUT2D eigenvalue weighted by atomic mass is 32.2. The van der Waals surface area contributed by atoms with Crippen molar-refractivity contribution < 1.29 is 32.6 Å². The highest BCUT2D eigenvalue weighted by Crippen LogP contribution is 2.48. The van der Waals surface area contributed by atoms with Gasteiger partial charge < -0.3 is 33.8 Å². The Labute approximate surface area is 315 Å². The number of hydrogen-bond acceptors (Lipinski definition) is 8. The number of nitrogens with one attached hydrogen (secondary N) is 1. The van der Waals surface area contributed by atoms with Crippen LogP contribution in [0.1, 0.15) is 74.7 Å². The molecule has 0 radical (unpaired) electrons. The Morgan fingerprint density at radius 1 is 1.02 bits per heavy atom. The maximum Gasteiger partial charge on any atom is 0.407 e. The molecule has 0 bridgehead atoms. The molecule has 1 aliphatic carbocycles. The number of nitrogens with zero attached hydrogens (tertiary/aromatic N) is 5. The fourth-order valence-corrected chi connectivity index (χ4v) is 8.68. The van der Waals surface area contributed by atoms with E-state index in [-0.39, 0.29) is 23.6 Å². The van der Waals surface area contributed by atoms with Crippen LogP contribution in [0, 0.1) is 5.41 Å². The maximum absolute atomic E-state index is 13.7. The molecule has 1 saturated carbocycles. The smallest absolute Gasteiger partial charge is 0.407 e. The summed E-state index contributed by atoms with van der Waals surface area (Å²) in [5, 5.41) is 11.0. The zero-order valence-electron chi connectivity index (χ0n) is 32.6. The Kier molecular flexibility index (Phi) is 12.8. The van der Waals surface area contributed by atoms with Gasteiger partial charge in [-0.15, -0.1) is 0 Å². The molecule has 2 heterocycles. The molecule has 13 nitrogen and oxygen atoms in total. The molecular formula is C39H58N6O7S. The van der Waals surface area contributed by atoms with Gasteiger partial charge in [-0.1, -0.05) is 64.3 Å². The molecule has 5 rings (SSSR count). The van der Waals surface area contributed by atoms with Crippen LogP contribution in [0.25, 0.3) is 22.2 Å². The Bertz CT molecular complexity index is 1860. The van der Waals surface area contributed by atoms with Crippen LogP contribution in [-0.2, 0) is 26.2 Å². The fraction of sp³-hybridized carbons (Fsp3) is 0.590. The Morgan fingerprint density at radius 3 is 2.34 bits per heavy atom. The van der Waals surface area contributed by atoms with E-state index in [1.165, 1.54) is 38.2 Å². The Morgan fingerprint density at radius 2 is 1.70 bits per heavy atom. The number of carbonyl (C=O) groups is 2. The van der Waals surface area contributed by atoms with Gasteiger partial charge in [-0.05, 0) is 55.0 Å². The molecule has 2 aromatic carbocycles. The van der Waals surface area contributed by atoms with Crippen LogP contribution in [-0.4, -0.2) is 125 Å². The predicted octanol–water partition coefficient (Wildman–Crippen LogP) is 5.66. The first-order valence-corrected chi connectivity index (χ1v) is 20.0. The second-order valence-corrected chi connectivity index (χ2v) is 17.6. The van der Waals surface area contributed by atoms with Gasteiger partial charge in [-0.3, -0.25) is 4.79 Å². The lowest BCUT2D eigenvalue weighted by Gasteiger charge is -2.34. The Balaban J connectivity index is 1.54. The van der Waals surface area contributed by atoms with Gasteiger partial charge in [0.2, 0.25) is 0 Å². The van der Waals surface area contributed by atoms with Crippen molar-refractivity contribution in [2.45, 2.75) is 77.7 Å². The number of anilines is 1. The van der Waals surface area contributed by atoms with Crippen LogP contribution in [0.4, 0.5) is 10.5 Å². The van der Waals surface area contributed by atoms with Crippen molar-refractivity contribution >= 4 is 38.8 Å². The van der Waals surface area contributed by atoms with Gasteiger partial charge in [0.15, 0.2) is 6.29 Å². The summed E-state index contributed by atoms with van der Waals surface area (Å²) in [5.74, 6) is -0.367. The molecular weight excluding hydrogens is 697 g/mol. The number of benzene rings is 2. The molecule has 2 amide bonds. The second-order valence-electron chi connectivity index (χ2n) is 15.9. The van der Waals surface area contributed by atoms with E-state index in [4.69, 9.17) is 9.47 Å². The first-order chi connectivity index (χ1) is 25.0. The first kappa shape index (κ1) is 40.5.